The average Bonchev–Trinajstić information content (AvgIpc) is 3.42. The third-order valence-electron chi connectivity index (χ3n) is 7.23. The molecule has 0 saturated heterocycles. The molecule has 0 aliphatic rings. The van der Waals surface area contributed by atoms with Gasteiger partial charge in [-0.1, -0.05) is 48.5 Å². The first-order valence-corrected chi connectivity index (χ1v) is 13.1. The van der Waals surface area contributed by atoms with Crippen LogP contribution in [0, 0.1) is 22.7 Å². The molecule has 0 saturated carbocycles. The van der Waals surface area contributed by atoms with Gasteiger partial charge < -0.3 is 4.42 Å². The van der Waals surface area contributed by atoms with Crippen molar-refractivity contribution in [3.63, 3.8) is 0 Å². The zero-order valence-corrected chi connectivity index (χ0v) is 21.7. The van der Waals surface area contributed by atoms with E-state index in [1.165, 1.54) is 0 Å². The minimum atomic E-state index is 0.583. The van der Waals surface area contributed by atoms with Gasteiger partial charge in [0.05, 0.1) is 34.7 Å². The van der Waals surface area contributed by atoms with Gasteiger partial charge in [-0.2, -0.15) is 10.5 Å². The van der Waals surface area contributed by atoms with Gasteiger partial charge >= 0.3 is 0 Å². The van der Waals surface area contributed by atoms with E-state index in [0.717, 1.165) is 66.7 Å². The number of hydrogen-bond acceptors (Lipinski definition) is 5. The number of rotatable bonds is 4. The number of benzene rings is 4. The van der Waals surface area contributed by atoms with E-state index in [1.54, 1.807) is 36.7 Å². The van der Waals surface area contributed by atoms with Gasteiger partial charge in [0.25, 0.3) is 0 Å². The van der Waals surface area contributed by atoms with Crippen molar-refractivity contribution >= 4 is 21.9 Å². The molecule has 3 aromatic heterocycles. The van der Waals surface area contributed by atoms with Crippen LogP contribution in [0.2, 0.25) is 0 Å². The number of fused-ring (bicyclic) bond motifs is 3. The fraction of sp³-hybridized carbons (Fsp3) is 0. The van der Waals surface area contributed by atoms with E-state index < -0.39 is 0 Å². The molecule has 5 heteroatoms. The van der Waals surface area contributed by atoms with Crippen molar-refractivity contribution in [1.29, 1.82) is 10.5 Å². The zero-order chi connectivity index (χ0) is 27.8. The summed E-state index contributed by atoms with van der Waals surface area (Å²) in [5.74, 6) is 0. The predicted molar refractivity (Wildman–Crippen MR) is 160 cm³/mol. The Kier molecular flexibility index (Phi) is 5.82. The highest BCUT2D eigenvalue weighted by Crippen LogP contribution is 2.36. The molecule has 7 aromatic rings. The van der Waals surface area contributed by atoms with Crippen LogP contribution in [0.25, 0.3) is 66.7 Å². The van der Waals surface area contributed by atoms with Gasteiger partial charge in [-0.15, -0.1) is 0 Å². The maximum atomic E-state index is 9.26. The highest BCUT2D eigenvalue weighted by atomic mass is 16.3. The molecule has 0 spiro atoms. The lowest BCUT2D eigenvalue weighted by molar-refractivity contribution is 0.669. The molecule has 41 heavy (non-hydrogen) atoms. The number of nitriles is 2. The van der Waals surface area contributed by atoms with Gasteiger partial charge in [0.1, 0.15) is 11.2 Å². The molecule has 0 radical (unpaired) electrons. The number of pyridine rings is 2. The van der Waals surface area contributed by atoms with Gasteiger partial charge in [0.15, 0.2) is 0 Å². The first-order chi connectivity index (χ1) is 20.2. The number of furan rings is 1. The van der Waals surface area contributed by atoms with E-state index >= 15 is 0 Å². The monoisotopic (exact) mass is 524 g/mol. The Morgan fingerprint density at radius 2 is 0.902 bits per heavy atom. The van der Waals surface area contributed by atoms with Crippen LogP contribution in [0.5, 0.6) is 0 Å². The van der Waals surface area contributed by atoms with Crippen molar-refractivity contribution in [1.82, 2.24) is 9.97 Å². The highest BCUT2D eigenvalue weighted by molar-refractivity contribution is 6.07. The minimum Gasteiger partial charge on any atom is -0.456 e. The lowest BCUT2D eigenvalue weighted by Gasteiger charge is -2.06. The quantitative estimate of drug-likeness (QED) is 0.230. The molecule has 0 aliphatic carbocycles. The van der Waals surface area contributed by atoms with E-state index in [1.807, 2.05) is 24.3 Å². The summed E-state index contributed by atoms with van der Waals surface area (Å²) in [6.07, 6.45) is 3.32. The minimum absolute atomic E-state index is 0.583. The summed E-state index contributed by atoms with van der Waals surface area (Å²) >= 11 is 0. The smallest absolute Gasteiger partial charge is 0.136 e. The van der Waals surface area contributed by atoms with E-state index in [0.29, 0.717) is 11.1 Å². The molecule has 4 aromatic carbocycles. The van der Waals surface area contributed by atoms with Gasteiger partial charge in [-0.25, -0.2) is 0 Å². The van der Waals surface area contributed by atoms with Gasteiger partial charge in [0, 0.05) is 34.3 Å². The predicted octanol–water partition coefficient (Wildman–Crippen LogP) is 8.79. The standard InChI is InChI=1S/C36H20N4O/c37-21-23-11-13-39-33(15-23)29-5-1-3-25(17-29)27-7-9-31-32-10-8-28(20-36(32)41-35(31)19-27)26-4-2-6-30(18-26)34-16-24(22-38)12-14-40-34/h1-20H. The molecule has 0 unspecified atom stereocenters. The largest absolute Gasteiger partial charge is 0.456 e. The van der Waals surface area contributed by atoms with Crippen molar-refractivity contribution in [3.8, 4) is 56.9 Å². The second-order valence-electron chi connectivity index (χ2n) is 9.77. The van der Waals surface area contributed by atoms with Crippen molar-refractivity contribution in [2.24, 2.45) is 0 Å². The maximum absolute atomic E-state index is 9.26. The normalized spacial score (nSPS) is 10.9. The first-order valence-electron chi connectivity index (χ1n) is 13.1. The van der Waals surface area contributed by atoms with Crippen molar-refractivity contribution in [2.45, 2.75) is 0 Å². The number of nitrogens with zero attached hydrogens (tertiary/aromatic N) is 4. The summed E-state index contributed by atoms with van der Waals surface area (Å²) in [7, 11) is 0. The molecular weight excluding hydrogens is 504 g/mol. The Hall–Kier alpha value is -6.04. The van der Waals surface area contributed by atoms with E-state index in [2.05, 4.69) is 82.8 Å². The molecule has 3 heterocycles. The molecule has 190 valence electrons. The Labute approximate surface area is 236 Å². The summed E-state index contributed by atoms with van der Waals surface area (Å²) in [6.45, 7) is 0. The molecule has 0 fully saturated rings. The van der Waals surface area contributed by atoms with Crippen LogP contribution in [0.1, 0.15) is 11.1 Å². The summed E-state index contributed by atoms with van der Waals surface area (Å²) in [5.41, 5.74) is 10.4. The SMILES string of the molecule is N#Cc1ccnc(-c2cccc(-c3ccc4c(c3)oc3cc(-c5cccc(-c6cc(C#N)ccn6)c5)ccc34)c2)c1. The lowest BCUT2D eigenvalue weighted by Crippen LogP contribution is -1.86. The Morgan fingerprint density at radius 1 is 0.463 bits per heavy atom. The topological polar surface area (TPSA) is 86.5 Å². The Morgan fingerprint density at radius 3 is 1.37 bits per heavy atom. The summed E-state index contributed by atoms with van der Waals surface area (Å²) in [5, 5.41) is 20.6. The van der Waals surface area contributed by atoms with Crippen molar-refractivity contribution in [2.75, 3.05) is 0 Å². The molecule has 0 N–H and O–H groups in total. The number of hydrogen-bond donors (Lipinski definition) is 0. The molecule has 7 rings (SSSR count). The van der Waals surface area contributed by atoms with Gasteiger partial charge in [-0.05, 0) is 82.9 Å². The van der Waals surface area contributed by atoms with Crippen LogP contribution in [0.4, 0.5) is 0 Å². The van der Waals surface area contributed by atoms with Gasteiger partial charge in [-0.3, -0.25) is 9.97 Å². The molecule has 5 nitrogen and oxygen atoms in total. The Bertz CT molecular complexity index is 2040. The second kappa shape index (κ2) is 9.93. The summed E-state index contributed by atoms with van der Waals surface area (Å²) in [6, 6.07) is 40.2. The van der Waals surface area contributed by atoms with Crippen LogP contribution in [-0.2, 0) is 0 Å². The lowest BCUT2D eigenvalue weighted by atomic mass is 9.98. The van der Waals surface area contributed by atoms with E-state index in [9.17, 15) is 10.5 Å². The maximum Gasteiger partial charge on any atom is 0.136 e. The van der Waals surface area contributed by atoms with E-state index in [-0.39, 0.29) is 0 Å². The van der Waals surface area contributed by atoms with Crippen LogP contribution in [0.3, 0.4) is 0 Å². The third-order valence-corrected chi connectivity index (χ3v) is 7.23. The van der Waals surface area contributed by atoms with Crippen LogP contribution >= 0.6 is 0 Å². The first kappa shape index (κ1) is 24.0. The zero-order valence-electron chi connectivity index (χ0n) is 21.7. The summed E-state index contributed by atoms with van der Waals surface area (Å²) in [4.78, 5) is 8.90. The average molecular weight is 525 g/mol. The van der Waals surface area contributed by atoms with Gasteiger partial charge in [0.2, 0.25) is 0 Å². The fourth-order valence-corrected chi connectivity index (χ4v) is 5.17. The number of aromatic nitrogens is 2. The molecule has 0 atom stereocenters. The summed E-state index contributed by atoms with van der Waals surface area (Å²) < 4.78 is 6.37. The molecule has 0 aliphatic heterocycles. The van der Waals surface area contributed by atoms with Crippen molar-refractivity contribution in [3.05, 3.63) is 133 Å². The highest BCUT2D eigenvalue weighted by Gasteiger charge is 2.12. The molecule has 0 amide bonds. The van der Waals surface area contributed by atoms with Crippen molar-refractivity contribution < 1.29 is 4.42 Å². The molecular formula is C36H20N4O. The van der Waals surface area contributed by atoms with Crippen LogP contribution in [0.15, 0.2) is 126 Å². The molecule has 0 bridgehead atoms. The third kappa shape index (κ3) is 4.48. The van der Waals surface area contributed by atoms with E-state index in [4.69, 9.17) is 4.42 Å². The van der Waals surface area contributed by atoms with Crippen LogP contribution < -0.4 is 0 Å². The van der Waals surface area contributed by atoms with Crippen LogP contribution in [-0.4, -0.2) is 9.97 Å². The fourth-order valence-electron chi connectivity index (χ4n) is 5.17. The Balaban J connectivity index is 1.25. The second-order valence-corrected chi connectivity index (χ2v) is 9.77.